The Morgan fingerprint density at radius 3 is 2.27 bits per heavy atom. The molecule has 1 N–H and O–H groups in total. The Kier molecular flexibility index (Phi) is 5.41. The second-order valence-corrected chi connectivity index (χ2v) is 8.80. The molecule has 4 heteroatoms. The molecule has 0 aliphatic heterocycles. The number of nitrogens with one attached hydrogen (secondary N) is 1. The summed E-state index contributed by atoms with van der Waals surface area (Å²) >= 11 is 0. The summed E-state index contributed by atoms with van der Waals surface area (Å²) < 4.78 is 5.53. The minimum atomic E-state index is -0.410. The van der Waals surface area contributed by atoms with Crippen molar-refractivity contribution < 1.29 is 9.53 Å². The van der Waals surface area contributed by atoms with Crippen molar-refractivity contribution in [2.24, 2.45) is 5.41 Å². The van der Waals surface area contributed by atoms with Gasteiger partial charge < -0.3 is 15.0 Å². The van der Waals surface area contributed by atoms with Crippen LogP contribution >= 0.6 is 0 Å². The zero-order chi connectivity index (χ0) is 16.4. The van der Waals surface area contributed by atoms with Crippen LogP contribution in [0.4, 0.5) is 4.79 Å². The predicted octanol–water partition coefficient (Wildman–Crippen LogP) is 3.94. The maximum absolute atomic E-state index is 12.3. The van der Waals surface area contributed by atoms with Crippen LogP contribution in [0.25, 0.3) is 0 Å². The van der Waals surface area contributed by atoms with E-state index in [1.807, 2.05) is 25.7 Å². The SMILES string of the molecule is CC1(C)CCC(NCCN(C(=O)OC(C)(C)C)C2CC2)CC1. The molecule has 2 aliphatic rings. The second-order valence-electron chi connectivity index (χ2n) is 8.80. The molecule has 2 rings (SSSR count). The van der Waals surface area contributed by atoms with Crippen LogP contribution in [0.1, 0.15) is 73.1 Å². The lowest BCUT2D eigenvalue weighted by Gasteiger charge is -2.35. The lowest BCUT2D eigenvalue weighted by Crippen LogP contribution is -2.44. The number of nitrogens with zero attached hydrogens (tertiary/aromatic N) is 1. The molecular formula is C18H34N2O2. The Balaban J connectivity index is 1.72. The molecule has 0 radical (unpaired) electrons. The molecule has 0 atom stereocenters. The molecule has 2 saturated carbocycles. The Bertz CT molecular complexity index is 373. The fraction of sp³-hybridized carbons (Fsp3) is 0.944. The summed E-state index contributed by atoms with van der Waals surface area (Å²) in [6, 6.07) is 1.02. The highest BCUT2D eigenvalue weighted by Crippen LogP contribution is 2.35. The highest BCUT2D eigenvalue weighted by molar-refractivity contribution is 5.69. The lowest BCUT2D eigenvalue weighted by atomic mass is 9.75. The van der Waals surface area contributed by atoms with Gasteiger partial charge in [-0.05, 0) is 64.7 Å². The van der Waals surface area contributed by atoms with Crippen LogP contribution in [0.3, 0.4) is 0 Å². The van der Waals surface area contributed by atoms with Gasteiger partial charge in [0.1, 0.15) is 5.60 Å². The van der Waals surface area contributed by atoms with Gasteiger partial charge in [0, 0.05) is 25.2 Å². The first-order valence-electron chi connectivity index (χ1n) is 8.89. The Morgan fingerprint density at radius 2 is 1.77 bits per heavy atom. The Hall–Kier alpha value is -0.770. The average Bonchev–Trinajstić information content (AvgIpc) is 3.18. The molecule has 0 unspecified atom stereocenters. The minimum Gasteiger partial charge on any atom is -0.444 e. The number of ether oxygens (including phenoxy) is 1. The number of hydrogen-bond acceptors (Lipinski definition) is 3. The standard InChI is InChI=1S/C18H34N2O2/c1-17(2,3)22-16(21)20(15-6-7-15)13-12-19-14-8-10-18(4,5)11-9-14/h14-15,19H,6-13H2,1-5H3. The van der Waals surface area contributed by atoms with Crippen LogP contribution in [-0.2, 0) is 4.74 Å². The molecule has 0 aromatic heterocycles. The van der Waals surface area contributed by atoms with E-state index < -0.39 is 5.60 Å². The Labute approximate surface area is 136 Å². The van der Waals surface area contributed by atoms with Gasteiger partial charge in [0.25, 0.3) is 0 Å². The summed E-state index contributed by atoms with van der Waals surface area (Å²) in [4.78, 5) is 14.2. The van der Waals surface area contributed by atoms with Gasteiger partial charge in [-0.15, -0.1) is 0 Å². The predicted molar refractivity (Wildman–Crippen MR) is 90.0 cm³/mol. The third-order valence-electron chi connectivity index (χ3n) is 4.74. The van der Waals surface area contributed by atoms with Crippen LogP contribution < -0.4 is 5.32 Å². The molecule has 4 nitrogen and oxygen atoms in total. The molecule has 1 amide bonds. The van der Waals surface area contributed by atoms with Crippen molar-refractivity contribution in [2.45, 2.75) is 90.8 Å². The molecule has 2 aliphatic carbocycles. The van der Waals surface area contributed by atoms with Crippen LogP contribution in [0.15, 0.2) is 0 Å². The topological polar surface area (TPSA) is 41.6 Å². The highest BCUT2D eigenvalue weighted by Gasteiger charge is 2.35. The zero-order valence-electron chi connectivity index (χ0n) is 15.1. The summed E-state index contributed by atoms with van der Waals surface area (Å²) in [5.74, 6) is 0. The molecule has 0 heterocycles. The van der Waals surface area contributed by atoms with E-state index in [1.54, 1.807) is 0 Å². The van der Waals surface area contributed by atoms with E-state index in [1.165, 1.54) is 25.7 Å². The van der Waals surface area contributed by atoms with Gasteiger partial charge in [-0.2, -0.15) is 0 Å². The summed E-state index contributed by atoms with van der Waals surface area (Å²) in [5, 5.41) is 3.64. The van der Waals surface area contributed by atoms with Crippen molar-refractivity contribution in [2.75, 3.05) is 13.1 Å². The summed E-state index contributed by atoms with van der Waals surface area (Å²) in [6.45, 7) is 12.1. The number of hydrogen-bond donors (Lipinski definition) is 1. The maximum atomic E-state index is 12.3. The molecule has 0 bridgehead atoms. The normalized spacial score (nSPS) is 22.4. The van der Waals surface area contributed by atoms with Gasteiger partial charge in [-0.3, -0.25) is 0 Å². The molecule has 0 saturated heterocycles. The highest BCUT2D eigenvalue weighted by atomic mass is 16.6. The van der Waals surface area contributed by atoms with Crippen molar-refractivity contribution in [1.82, 2.24) is 10.2 Å². The fourth-order valence-electron chi connectivity index (χ4n) is 3.12. The van der Waals surface area contributed by atoms with E-state index in [-0.39, 0.29) is 6.09 Å². The van der Waals surface area contributed by atoms with Crippen LogP contribution in [0, 0.1) is 5.41 Å². The Morgan fingerprint density at radius 1 is 1.18 bits per heavy atom. The van der Waals surface area contributed by atoms with E-state index in [9.17, 15) is 4.79 Å². The minimum absolute atomic E-state index is 0.151. The van der Waals surface area contributed by atoms with E-state index in [0.29, 0.717) is 17.5 Å². The first-order valence-corrected chi connectivity index (χ1v) is 8.89. The molecule has 0 spiro atoms. The number of amides is 1. The van der Waals surface area contributed by atoms with E-state index in [4.69, 9.17) is 4.74 Å². The first-order chi connectivity index (χ1) is 10.2. The number of carbonyl (C=O) groups excluding carboxylic acids is 1. The quantitative estimate of drug-likeness (QED) is 0.836. The van der Waals surface area contributed by atoms with Crippen molar-refractivity contribution in [3.8, 4) is 0 Å². The molecule has 2 fully saturated rings. The zero-order valence-corrected chi connectivity index (χ0v) is 15.1. The van der Waals surface area contributed by atoms with Gasteiger partial charge in [0.15, 0.2) is 0 Å². The molecule has 22 heavy (non-hydrogen) atoms. The van der Waals surface area contributed by atoms with Crippen molar-refractivity contribution >= 4 is 6.09 Å². The summed E-state index contributed by atoms with van der Waals surface area (Å²) in [6.07, 6.45) is 7.19. The van der Waals surface area contributed by atoms with Gasteiger partial charge in [0.05, 0.1) is 0 Å². The van der Waals surface area contributed by atoms with Crippen LogP contribution in [0.2, 0.25) is 0 Å². The van der Waals surface area contributed by atoms with Crippen molar-refractivity contribution in [3.63, 3.8) is 0 Å². The first kappa shape index (κ1) is 17.6. The van der Waals surface area contributed by atoms with Gasteiger partial charge in [0.2, 0.25) is 0 Å². The smallest absolute Gasteiger partial charge is 0.410 e. The summed E-state index contributed by atoms with van der Waals surface area (Å²) in [5.41, 5.74) is 0.0986. The van der Waals surface area contributed by atoms with Gasteiger partial charge in [-0.1, -0.05) is 13.8 Å². The third kappa shape index (κ3) is 5.79. The number of rotatable bonds is 5. The second kappa shape index (κ2) is 6.77. The summed E-state index contributed by atoms with van der Waals surface area (Å²) in [7, 11) is 0. The molecular weight excluding hydrogens is 276 g/mol. The largest absolute Gasteiger partial charge is 0.444 e. The van der Waals surface area contributed by atoms with Crippen LogP contribution in [-0.4, -0.2) is 41.8 Å². The van der Waals surface area contributed by atoms with E-state index in [0.717, 1.165) is 25.9 Å². The molecule has 128 valence electrons. The van der Waals surface area contributed by atoms with Gasteiger partial charge >= 0.3 is 6.09 Å². The molecule has 0 aromatic carbocycles. The van der Waals surface area contributed by atoms with Crippen LogP contribution in [0.5, 0.6) is 0 Å². The number of carbonyl (C=O) groups is 1. The van der Waals surface area contributed by atoms with Gasteiger partial charge in [-0.25, -0.2) is 4.79 Å². The average molecular weight is 310 g/mol. The monoisotopic (exact) mass is 310 g/mol. The maximum Gasteiger partial charge on any atom is 0.410 e. The lowest BCUT2D eigenvalue weighted by molar-refractivity contribution is 0.0233. The third-order valence-corrected chi connectivity index (χ3v) is 4.74. The van der Waals surface area contributed by atoms with Crippen molar-refractivity contribution in [1.29, 1.82) is 0 Å². The van der Waals surface area contributed by atoms with E-state index in [2.05, 4.69) is 19.2 Å². The molecule has 0 aromatic rings. The van der Waals surface area contributed by atoms with Crippen molar-refractivity contribution in [3.05, 3.63) is 0 Å². The van der Waals surface area contributed by atoms with E-state index >= 15 is 0 Å². The fourth-order valence-corrected chi connectivity index (χ4v) is 3.12.